The number of nitrogens with two attached hydrogens (primary N) is 1. The van der Waals surface area contributed by atoms with Crippen molar-refractivity contribution in [2.24, 2.45) is 23.5 Å². The number of carbonyl (C=O) groups excluding carboxylic acids is 2. The molecule has 0 radical (unpaired) electrons. The summed E-state index contributed by atoms with van der Waals surface area (Å²) in [4.78, 5) is 25.3. The minimum absolute atomic E-state index is 0.0808. The van der Waals surface area contributed by atoms with Crippen LogP contribution in [0.15, 0.2) is 30.3 Å². The van der Waals surface area contributed by atoms with Crippen molar-refractivity contribution in [2.45, 2.75) is 84.1 Å². The Morgan fingerprint density at radius 2 is 1.81 bits per heavy atom. The second kappa shape index (κ2) is 14.2. The van der Waals surface area contributed by atoms with Gasteiger partial charge in [0.25, 0.3) is 0 Å². The molecule has 2 amide bonds. The fourth-order valence-electron chi connectivity index (χ4n) is 4.64. The summed E-state index contributed by atoms with van der Waals surface area (Å²) in [7, 11) is 0. The predicted molar refractivity (Wildman–Crippen MR) is 135 cm³/mol. The molecule has 0 heterocycles. The Hall–Kier alpha value is -1.95. The number of amides is 2. The van der Waals surface area contributed by atoms with E-state index in [4.69, 9.17) is 18.0 Å². The normalized spacial score (nSPS) is 16.3. The quantitative estimate of drug-likeness (QED) is 0.299. The standard InChI is InChI=1S/C26H41N3O2S/c1-19(2)16-22(18-24(27)30)25(31)29-23(17-21-12-7-4-8-13-21)26(32)28-15-9-14-20-10-5-3-6-11-20/h3,5-6,10-11,19,21-23H,4,7-9,12-18H2,1-2H3,(H2,27,30)(H,28,32)(H,29,31)/t22-,23+/m1/s1. The number of benzene rings is 1. The third-order valence-electron chi connectivity index (χ3n) is 6.29. The lowest BCUT2D eigenvalue weighted by atomic mass is 9.84. The SMILES string of the molecule is CC(C)C[C@H](CC(N)=O)C(=O)N[C@@H](CC1CCCCC1)C(=S)NCCCc1ccccc1. The van der Waals surface area contributed by atoms with Crippen molar-refractivity contribution < 1.29 is 9.59 Å². The second-order valence-corrected chi connectivity index (χ2v) is 10.1. The van der Waals surface area contributed by atoms with Gasteiger partial charge in [-0.2, -0.15) is 0 Å². The number of thiocarbonyl (C=S) groups is 1. The maximum absolute atomic E-state index is 13.1. The average Bonchev–Trinajstić information content (AvgIpc) is 2.76. The van der Waals surface area contributed by atoms with Gasteiger partial charge in [-0.05, 0) is 43.1 Å². The molecular weight excluding hydrogens is 418 g/mol. The molecule has 1 saturated carbocycles. The molecule has 2 rings (SSSR count). The van der Waals surface area contributed by atoms with E-state index < -0.39 is 11.8 Å². The fourth-order valence-corrected chi connectivity index (χ4v) is 4.90. The van der Waals surface area contributed by atoms with Crippen molar-refractivity contribution in [3.63, 3.8) is 0 Å². The molecule has 6 heteroatoms. The van der Waals surface area contributed by atoms with Gasteiger partial charge >= 0.3 is 0 Å². The van der Waals surface area contributed by atoms with Gasteiger partial charge in [0.15, 0.2) is 0 Å². The molecule has 0 unspecified atom stereocenters. The van der Waals surface area contributed by atoms with E-state index >= 15 is 0 Å². The maximum Gasteiger partial charge on any atom is 0.224 e. The molecule has 2 atom stereocenters. The highest BCUT2D eigenvalue weighted by Gasteiger charge is 2.28. The van der Waals surface area contributed by atoms with Crippen LogP contribution >= 0.6 is 12.2 Å². The lowest BCUT2D eigenvalue weighted by molar-refractivity contribution is -0.130. The third-order valence-corrected chi connectivity index (χ3v) is 6.71. The Labute approximate surface area is 199 Å². The summed E-state index contributed by atoms with van der Waals surface area (Å²) in [6.45, 7) is 4.89. The highest BCUT2D eigenvalue weighted by Crippen LogP contribution is 2.28. The van der Waals surface area contributed by atoms with Crippen molar-refractivity contribution in [2.75, 3.05) is 6.54 Å². The Bertz CT molecular complexity index is 717. The number of primary amides is 1. The van der Waals surface area contributed by atoms with Crippen LogP contribution in [0.25, 0.3) is 0 Å². The van der Waals surface area contributed by atoms with Crippen LogP contribution in [0, 0.1) is 17.8 Å². The zero-order chi connectivity index (χ0) is 23.3. The predicted octanol–water partition coefficient (Wildman–Crippen LogP) is 4.53. The van der Waals surface area contributed by atoms with Gasteiger partial charge < -0.3 is 16.4 Å². The maximum atomic E-state index is 13.1. The monoisotopic (exact) mass is 459 g/mol. The van der Waals surface area contributed by atoms with Crippen LogP contribution in [-0.2, 0) is 16.0 Å². The van der Waals surface area contributed by atoms with Crippen LogP contribution in [0.5, 0.6) is 0 Å². The summed E-state index contributed by atoms with van der Waals surface area (Å²) >= 11 is 5.74. The molecule has 1 aliphatic rings. The molecule has 32 heavy (non-hydrogen) atoms. The van der Waals surface area contributed by atoms with E-state index in [1.54, 1.807) is 0 Å². The van der Waals surface area contributed by atoms with Crippen molar-refractivity contribution in [1.82, 2.24) is 10.6 Å². The highest BCUT2D eigenvalue weighted by molar-refractivity contribution is 7.80. The molecule has 5 nitrogen and oxygen atoms in total. The topological polar surface area (TPSA) is 84.2 Å². The van der Waals surface area contributed by atoms with Crippen LogP contribution in [-0.4, -0.2) is 29.4 Å². The van der Waals surface area contributed by atoms with E-state index in [-0.39, 0.29) is 18.4 Å². The molecule has 0 aliphatic heterocycles. The first-order valence-electron chi connectivity index (χ1n) is 12.3. The molecule has 0 bridgehead atoms. The van der Waals surface area contributed by atoms with Gasteiger partial charge in [0.05, 0.1) is 11.0 Å². The summed E-state index contributed by atoms with van der Waals surface area (Å²) < 4.78 is 0. The number of hydrogen-bond donors (Lipinski definition) is 3. The summed E-state index contributed by atoms with van der Waals surface area (Å²) in [5.41, 5.74) is 6.73. The van der Waals surface area contributed by atoms with E-state index in [2.05, 4.69) is 48.7 Å². The smallest absolute Gasteiger partial charge is 0.224 e. The van der Waals surface area contributed by atoms with Crippen LogP contribution in [0.4, 0.5) is 0 Å². The molecule has 0 spiro atoms. The Morgan fingerprint density at radius 1 is 1.12 bits per heavy atom. The summed E-state index contributed by atoms with van der Waals surface area (Å²) in [6, 6.07) is 10.2. The largest absolute Gasteiger partial charge is 0.378 e. The van der Waals surface area contributed by atoms with Crippen molar-refractivity contribution in [3.8, 4) is 0 Å². The molecule has 1 aromatic carbocycles. The lowest BCUT2D eigenvalue weighted by Crippen LogP contribution is -2.49. The Morgan fingerprint density at radius 3 is 2.44 bits per heavy atom. The summed E-state index contributed by atoms with van der Waals surface area (Å²) in [5, 5.41) is 6.58. The zero-order valence-corrected chi connectivity index (χ0v) is 20.6. The zero-order valence-electron chi connectivity index (χ0n) is 19.8. The van der Waals surface area contributed by atoms with Crippen LogP contribution in [0.2, 0.25) is 0 Å². The molecular formula is C26H41N3O2S. The molecule has 1 aliphatic carbocycles. The van der Waals surface area contributed by atoms with E-state index in [1.165, 1.54) is 37.7 Å². The first-order valence-corrected chi connectivity index (χ1v) is 12.7. The molecule has 4 N–H and O–H groups in total. The highest BCUT2D eigenvalue weighted by atomic mass is 32.1. The first-order chi connectivity index (χ1) is 15.3. The number of hydrogen-bond acceptors (Lipinski definition) is 3. The van der Waals surface area contributed by atoms with E-state index in [1.807, 2.05) is 6.07 Å². The number of rotatable bonds is 13. The Balaban J connectivity index is 1.95. The van der Waals surface area contributed by atoms with E-state index in [0.717, 1.165) is 25.8 Å². The minimum Gasteiger partial charge on any atom is -0.378 e. The summed E-state index contributed by atoms with van der Waals surface area (Å²) in [6.07, 6.45) is 9.74. The summed E-state index contributed by atoms with van der Waals surface area (Å²) in [5.74, 6) is -0.0482. The van der Waals surface area contributed by atoms with E-state index in [0.29, 0.717) is 23.2 Å². The van der Waals surface area contributed by atoms with Crippen molar-refractivity contribution in [3.05, 3.63) is 35.9 Å². The lowest BCUT2D eigenvalue weighted by Gasteiger charge is -2.29. The van der Waals surface area contributed by atoms with Crippen molar-refractivity contribution in [1.29, 1.82) is 0 Å². The molecule has 0 saturated heterocycles. The molecule has 178 valence electrons. The van der Waals surface area contributed by atoms with Crippen LogP contribution < -0.4 is 16.4 Å². The second-order valence-electron chi connectivity index (χ2n) is 9.68. The van der Waals surface area contributed by atoms with Gasteiger partial charge in [0.2, 0.25) is 11.8 Å². The molecule has 1 aromatic rings. The third kappa shape index (κ3) is 10.1. The van der Waals surface area contributed by atoms with Gasteiger partial charge in [0.1, 0.15) is 0 Å². The van der Waals surface area contributed by atoms with Gasteiger partial charge in [0, 0.05) is 18.9 Å². The van der Waals surface area contributed by atoms with Gasteiger partial charge in [-0.1, -0.05) is 88.5 Å². The molecule has 0 aromatic heterocycles. The van der Waals surface area contributed by atoms with E-state index in [9.17, 15) is 9.59 Å². The minimum atomic E-state index is -0.434. The Kier molecular flexibility index (Phi) is 11.7. The van der Waals surface area contributed by atoms with Gasteiger partial charge in [-0.15, -0.1) is 0 Å². The number of carbonyl (C=O) groups is 2. The molecule has 1 fully saturated rings. The first kappa shape index (κ1) is 26.3. The van der Waals surface area contributed by atoms with Gasteiger partial charge in [-0.25, -0.2) is 0 Å². The number of nitrogens with one attached hydrogen (secondary N) is 2. The van der Waals surface area contributed by atoms with Crippen LogP contribution in [0.1, 0.15) is 77.2 Å². The van der Waals surface area contributed by atoms with Crippen molar-refractivity contribution >= 4 is 29.0 Å². The average molecular weight is 460 g/mol. The fraction of sp³-hybridized carbons (Fsp3) is 0.654. The van der Waals surface area contributed by atoms with Gasteiger partial charge in [-0.3, -0.25) is 9.59 Å². The van der Waals surface area contributed by atoms with Crippen LogP contribution in [0.3, 0.4) is 0 Å². The number of aryl methyl sites for hydroxylation is 1.